The molecule has 0 atom stereocenters. The Morgan fingerprint density at radius 3 is 2.64 bits per heavy atom. The van der Waals surface area contributed by atoms with E-state index in [1.165, 1.54) is 12.2 Å². The maximum Gasteiger partial charge on any atom is 0.412 e. The van der Waals surface area contributed by atoms with Crippen molar-refractivity contribution in [3.05, 3.63) is 18.2 Å². The highest BCUT2D eigenvalue weighted by molar-refractivity contribution is 7.98. The molecule has 1 saturated heterocycles. The number of carbonyl (C=O) groups is 1. The molecule has 0 aliphatic carbocycles. The van der Waals surface area contributed by atoms with E-state index in [9.17, 15) is 4.79 Å². The Balaban J connectivity index is 1.93. The average molecular weight is 409 g/mol. The summed E-state index contributed by atoms with van der Waals surface area (Å²) < 4.78 is 5.34. The molecule has 1 aromatic rings. The lowest BCUT2D eigenvalue weighted by Gasteiger charge is -2.38. The van der Waals surface area contributed by atoms with Crippen LogP contribution in [0.3, 0.4) is 0 Å². The molecule has 3 N–H and O–H groups in total. The van der Waals surface area contributed by atoms with Crippen LogP contribution >= 0.6 is 11.8 Å². The fraction of sp³-hybridized carbons (Fsp3) is 0.667. The van der Waals surface area contributed by atoms with Crippen LogP contribution in [0.2, 0.25) is 0 Å². The van der Waals surface area contributed by atoms with Crippen molar-refractivity contribution in [2.75, 3.05) is 54.6 Å². The average Bonchev–Trinajstić information content (AvgIpc) is 2.62. The van der Waals surface area contributed by atoms with Crippen LogP contribution in [0, 0.1) is 0 Å². The molecule has 7 heteroatoms. The summed E-state index contributed by atoms with van der Waals surface area (Å²) in [5, 5.41) is 2.78. The molecular formula is C21H36N4O2S. The Morgan fingerprint density at radius 2 is 2.04 bits per heavy atom. The predicted octanol–water partition coefficient (Wildman–Crippen LogP) is 4.27. The van der Waals surface area contributed by atoms with Crippen LogP contribution in [0.1, 0.15) is 40.0 Å². The second-order valence-electron chi connectivity index (χ2n) is 8.44. The number of thioether (sulfide) groups is 1. The number of anilines is 3. The number of hydrogen-bond donors (Lipinski definition) is 2. The summed E-state index contributed by atoms with van der Waals surface area (Å²) in [7, 11) is 2.24. The maximum atomic E-state index is 12.1. The molecule has 0 radical (unpaired) electrons. The smallest absolute Gasteiger partial charge is 0.412 e. The van der Waals surface area contributed by atoms with Gasteiger partial charge in [0.2, 0.25) is 0 Å². The third kappa shape index (κ3) is 7.09. The highest BCUT2D eigenvalue weighted by atomic mass is 32.2. The topological polar surface area (TPSA) is 70.8 Å². The van der Waals surface area contributed by atoms with Crippen molar-refractivity contribution in [1.82, 2.24) is 4.90 Å². The highest BCUT2D eigenvalue weighted by Gasteiger charge is 2.23. The Kier molecular flexibility index (Phi) is 8.31. The van der Waals surface area contributed by atoms with E-state index in [0.717, 1.165) is 38.2 Å². The predicted molar refractivity (Wildman–Crippen MR) is 122 cm³/mol. The van der Waals surface area contributed by atoms with Gasteiger partial charge in [0.1, 0.15) is 5.60 Å². The first kappa shape index (κ1) is 22.7. The number of carbonyl (C=O) groups excluding carboxylic acids is 1. The number of piperidine rings is 1. The molecule has 1 aliphatic rings. The Hall–Kier alpha value is -1.60. The van der Waals surface area contributed by atoms with E-state index in [2.05, 4.69) is 28.4 Å². The Morgan fingerprint density at radius 1 is 1.36 bits per heavy atom. The van der Waals surface area contributed by atoms with Gasteiger partial charge in [0, 0.05) is 24.8 Å². The van der Waals surface area contributed by atoms with Crippen molar-refractivity contribution < 1.29 is 9.53 Å². The van der Waals surface area contributed by atoms with Crippen LogP contribution in [0.5, 0.6) is 0 Å². The minimum Gasteiger partial charge on any atom is -0.444 e. The number of rotatable bonds is 7. The molecular weight excluding hydrogens is 372 g/mol. The first-order valence-corrected chi connectivity index (χ1v) is 11.4. The fourth-order valence-electron chi connectivity index (χ4n) is 3.47. The van der Waals surface area contributed by atoms with Gasteiger partial charge in [-0.3, -0.25) is 5.32 Å². The van der Waals surface area contributed by atoms with Crippen LogP contribution in [-0.4, -0.2) is 61.3 Å². The lowest BCUT2D eigenvalue weighted by atomic mass is 10.0. The molecule has 0 spiro atoms. The molecule has 1 aliphatic heterocycles. The monoisotopic (exact) mass is 408 g/mol. The molecule has 6 nitrogen and oxygen atoms in total. The SMILES string of the molecule is CSCCCN(C)C1CCN(c2ccc(N)c(NC(=O)OC(C)(C)C)c2)CC1. The zero-order valence-corrected chi connectivity index (χ0v) is 18.8. The van der Waals surface area contributed by atoms with Gasteiger partial charge < -0.3 is 20.3 Å². The van der Waals surface area contributed by atoms with E-state index in [-0.39, 0.29) is 0 Å². The molecule has 158 valence electrons. The van der Waals surface area contributed by atoms with Crippen molar-refractivity contribution >= 4 is 34.9 Å². The number of amides is 1. The third-order valence-corrected chi connectivity index (χ3v) is 5.68. The summed E-state index contributed by atoms with van der Waals surface area (Å²) in [6.07, 6.45) is 5.22. The number of nitrogen functional groups attached to an aromatic ring is 1. The maximum absolute atomic E-state index is 12.1. The standard InChI is InChI=1S/C21H36N4O2S/c1-21(2,3)27-20(26)23-19-15-17(7-8-18(19)22)25-12-9-16(10-13-25)24(4)11-6-14-28-5/h7-8,15-16H,6,9-14,22H2,1-5H3,(H,23,26). The number of hydrogen-bond acceptors (Lipinski definition) is 6. The summed E-state index contributed by atoms with van der Waals surface area (Å²) in [6.45, 7) is 8.70. The Bertz CT molecular complexity index is 640. The van der Waals surface area contributed by atoms with Crippen molar-refractivity contribution in [3.8, 4) is 0 Å². The summed E-state index contributed by atoms with van der Waals surface area (Å²) in [4.78, 5) is 17.0. The van der Waals surface area contributed by atoms with E-state index in [1.54, 1.807) is 0 Å². The van der Waals surface area contributed by atoms with Gasteiger partial charge in [-0.2, -0.15) is 11.8 Å². The normalized spacial score (nSPS) is 15.7. The molecule has 1 aromatic carbocycles. The number of nitrogens with zero attached hydrogens (tertiary/aromatic N) is 2. The van der Waals surface area contributed by atoms with Crippen molar-refractivity contribution in [3.63, 3.8) is 0 Å². The Labute approximate surface area is 174 Å². The van der Waals surface area contributed by atoms with Gasteiger partial charge in [0.15, 0.2) is 0 Å². The zero-order chi connectivity index (χ0) is 20.7. The minimum atomic E-state index is -0.541. The number of benzene rings is 1. The first-order chi connectivity index (χ1) is 13.2. The van der Waals surface area contributed by atoms with E-state index < -0.39 is 11.7 Å². The van der Waals surface area contributed by atoms with E-state index >= 15 is 0 Å². The van der Waals surface area contributed by atoms with E-state index in [4.69, 9.17) is 10.5 Å². The van der Waals surface area contributed by atoms with Gasteiger partial charge in [-0.25, -0.2) is 4.79 Å². The van der Waals surface area contributed by atoms with E-state index in [1.807, 2.05) is 50.7 Å². The van der Waals surface area contributed by atoms with E-state index in [0.29, 0.717) is 17.4 Å². The summed E-state index contributed by atoms with van der Waals surface area (Å²) in [6, 6.07) is 6.47. The van der Waals surface area contributed by atoms with Gasteiger partial charge in [-0.15, -0.1) is 0 Å². The molecule has 1 amide bonds. The molecule has 28 heavy (non-hydrogen) atoms. The molecule has 1 fully saturated rings. The number of nitrogens with two attached hydrogens (primary N) is 1. The third-order valence-electron chi connectivity index (χ3n) is 4.98. The van der Waals surface area contributed by atoms with Gasteiger partial charge in [-0.1, -0.05) is 0 Å². The van der Waals surface area contributed by atoms with Crippen molar-refractivity contribution in [2.24, 2.45) is 0 Å². The van der Waals surface area contributed by atoms with Crippen LogP contribution in [0.25, 0.3) is 0 Å². The fourth-order valence-corrected chi connectivity index (χ4v) is 3.89. The summed E-state index contributed by atoms with van der Waals surface area (Å²) in [5.41, 5.74) is 7.74. The summed E-state index contributed by atoms with van der Waals surface area (Å²) in [5.74, 6) is 1.22. The van der Waals surface area contributed by atoms with Crippen molar-refractivity contribution in [2.45, 2.75) is 51.7 Å². The number of ether oxygens (including phenoxy) is 1. The van der Waals surface area contributed by atoms with Crippen LogP contribution in [0.4, 0.5) is 21.9 Å². The molecule has 0 aromatic heterocycles. The van der Waals surface area contributed by atoms with Gasteiger partial charge in [0.05, 0.1) is 11.4 Å². The van der Waals surface area contributed by atoms with Gasteiger partial charge >= 0.3 is 6.09 Å². The van der Waals surface area contributed by atoms with Gasteiger partial charge in [-0.05, 0) is 83.8 Å². The van der Waals surface area contributed by atoms with Crippen LogP contribution in [-0.2, 0) is 4.74 Å². The molecule has 2 rings (SSSR count). The van der Waals surface area contributed by atoms with Crippen LogP contribution in [0.15, 0.2) is 18.2 Å². The quantitative estimate of drug-likeness (QED) is 0.519. The molecule has 1 heterocycles. The van der Waals surface area contributed by atoms with Crippen molar-refractivity contribution in [1.29, 1.82) is 0 Å². The molecule has 0 unspecified atom stereocenters. The molecule has 0 bridgehead atoms. The largest absolute Gasteiger partial charge is 0.444 e. The summed E-state index contributed by atoms with van der Waals surface area (Å²) >= 11 is 1.91. The molecule has 0 saturated carbocycles. The first-order valence-electron chi connectivity index (χ1n) is 10.0. The number of nitrogens with one attached hydrogen (secondary N) is 1. The minimum absolute atomic E-state index is 0.484. The lowest BCUT2D eigenvalue weighted by Crippen LogP contribution is -2.43. The zero-order valence-electron chi connectivity index (χ0n) is 18.0. The lowest BCUT2D eigenvalue weighted by molar-refractivity contribution is 0.0636. The highest BCUT2D eigenvalue weighted by Crippen LogP contribution is 2.29. The second-order valence-corrected chi connectivity index (χ2v) is 9.43. The second kappa shape index (κ2) is 10.3. The van der Waals surface area contributed by atoms with Crippen LogP contribution < -0.4 is 16.0 Å². The van der Waals surface area contributed by atoms with Gasteiger partial charge in [0.25, 0.3) is 0 Å².